The number of rotatable bonds is 4. The largest absolute Gasteiger partial charge is 0.481 e. The SMILES string of the molecule is CCC(CC(=O)O)n1nc(C)c(C)c1C. The van der Waals surface area contributed by atoms with Crippen molar-refractivity contribution in [1.82, 2.24) is 9.78 Å². The summed E-state index contributed by atoms with van der Waals surface area (Å²) in [6, 6.07) is -0.0325. The first-order chi connectivity index (χ1) is 6.97. The smallest absolute Gasteiger partial charge is 0.305 e. The number of hydrogen-bond donors (Lipinski definition) is 1. The van der Waals surface area contributed by atoms with Crippen molar-refractivity contribution in [2.75, 3.05) is 0 Å². The van der Waals surface area contributed by atoms with E-state index in [1.165, 1.54) is 0 Å². The number of aromatic nitrogens is 2. The van der Waals surface area contributed by atoms with E-state index in [-0.39, 0.29) is 12.5 Å². The normalized spacial score (nSPS) is 12.8. The van der Waals surface area contributed by atoms with E-state index in [9.17, 15) is 4.79 Å². The molecule has 0 aromatic carbocycles. The van der Waals surface area contributed by atoms with Crippen molar-refractivity contribution in [1.29, 1.82) is 0 Å². The molecule has 1 atom stereocenters. The quantitative estimate of drug-likeness (QED) is 0.829. The fourth-order valence-corrected chi connectivity index (χ4v) is 1.71. The highest BCUT2D eigenvalue weighted by atomic mass is 16.4. The molecule has 4 nitrogen and oxygen atoms in total. The standard InChI is InChI=1S/C11H18N2O2/c1-5-10(6-11(14)15)13-9(4)7(2)8(3)12-13/h10H,5-6H2,1-4H3,(H,14,15). The second-order valence-corrected chi connectivity index (χ2v) is 3.90. The van der Waals surface area contributed by atoms with Gasteiger partial charge < -0.3 is 5.11 Å². The topological polar surface area (TPSA) is 55.1 Å². The third-order valence-corrected chi connectivity index (χ3v) is 2.91. The van der Waals surface area contributed by atoms with E-state index in [1.54, 1.807) is 0 Å². The highest BCUT2D eigenvalue weighted by molar-refractivity contribution is 5.67. The predicted molar refractivity (Wildman–Crippen MR) is 58.0 cm³/mol. The first-order valence-electron chi connectivity index (χ1n) is 5.21. The van der Waals surface area contributed by atoms with Crippen LogP contribution in [0.15, 0.2) is 0 Å². The van der Waals surface area contributed by atoms with Crippen LogP contribution in [0, 0.1) is 20.8 Å². The monoisotopic (exact) mass is 210 g/mol. The summed E-state index contributed by atoms with van der Waals surface area (Å²) in [4.78, 5) is 10.7. The van der Waals surface area contributed by atoms with Gasteiger partial charge >= 0.3 is 5.97 Å². The maximum Gasteiger partial charge on any atom is 0.305 e. The summed E-state index contributed by atoms with van der Waals surface area (Å²) in [5.41, 5.74) is 3.20. The van der Waals surface area contributed by atoms with Crippen molar-refractivity contribution >= 4 is 5.97 Å². The van der Waals surface area contributed by atoms with Crippen molar-refractivity contribution in [3.05, 3.63) is 17.0 Å². The molecular weight excluding hydrogens is 192 g/mol. The van der Waals surface area contributed by atoms with Gasteiger partial charge in [0.05, 0.1) is 18.2 Å². The molecule has 0 fully saturated rings. The van der Waals surface area contributed by atoms with Crippen molar-refractivity contribution in [2.24, 2.45) is 0 Å². The predicted octanol–water partition coefficient (Wildman–Crippen LogP) is 2.23. The number of carboxylic acid groups (broad SMARTS) is 1. The summed E-state index contributed by atoms with van der Waals surface area (Å²) < 4.78 is 1.85. The second kappa shape index (κ2) is 4.47. The number of nitrogens with zero attached hydrogens (tertiary/aromatic N) is 2. The minimum atomic E-state index is -0.771. The third-order valence-electron chi connectivity index (χ3n) is 2.91. The van der Waals surface area contributed by atoms with Gasteiger partial charge in [-0.3, -0.25) is 9.48 Å². The van der Waals surface area contributed by atoms with Crippen LogP contribution in [0.4, 0.5) is 0 Å². The van der Waals surface area contributed by atoms with Crippen molar-refractivity contribution in [3.63, 3.8) is 0 Å². The van der Waals surface area contributed by atoms with E-state index < -0.39 is 5.97 Å². The van der Waals surface area contributed by atoms with Gasteiger partial charge in [-0.25, -0.2) is 0 Å². The Hall–Kier alpha value is -1.32. The highest BCUT2D eigenvalue weighted by Gasteiger charge is 2.17. The lowest BCUT2D eigenvalue weighted by Gasteiger charge is -2.15. The molecule has 1 aromatic rings. The molecule has 0 saturated carbocycles. The number of carboxylic acids is 1. The van der Waals surface area contributed by atoms with Crippen molar-refractivity contribution in [2.45, 2.75) is 46.6 Å². The summed E-state index contributed by atoms with van der Waals surface area (Å²) >= 11 is 0. The summed E-state index contributed by atoms with van der Waals surface area (Å²) in [6.45, 7) is 7.94. The van der Waals surface area contributed by atoms with E-state index >= 15 is 0 Å². The van der Waals surface area contributed by atoms with E-state index in [4.69, 9.17) is 5.11 Å². The minimum Gasteiger partial charge on any atom is -0.481 e. The van der Waals surface area contributed by atoms with Gasteiger partial charge in [0.2, 0.25) is 0 Å². The van der Waals surface area contributed by atoms with Crippen molar-refractivity contribution < 1.29 is 9.90 Å². The van der Waals surface area contributed by atoms with Crippen molar-refractivity contribution in [3.8, 4) is 0 Å². The van der Waals surface area contributed by atoms with Gasteiger partial charge in [0, 0.05) is 5.69 Å². The first kappa shape index (κ1) is 11.8. The number of aliphatic carboxylic acids is 1. The lowest BCUT2D eigenvalue weighted by Crippen LogP contribution is -2.15. The zero-order chi connectivity index (χ0) is 11.6. The Bertz CT molecular complexity index is 369. The number of aryl methyl sites for hydroxylation is 1. The van der Waals surface area contributed by atoms with Gasteiger partial charge in [0.15, 0.2) is 0 Å². The molecule has 1 aromatic heterocycles. The van der Waals surface area contributed by atoms with Crippen LogP contribution >= 0.6 is 0 Å². The molecule has 4 heteroatoms. The molecule has 1 N–H and O–H groups in total. The molecule has 1 unspecified atom stereocenters. The molecule has 15 heavy (non-hydrogen) atoms. The van der Waals surface area contributed by atoms with Crippen LogP contribution in [0.3, 0.4) is 0 Å². The van der Waals surface area contributed by atoms with Gasteiger partial charge in [-0.2, -0.15) is 5.10 Å². The van der Waals surface area contributed by atoms with E-state index in [0.29, 0.717) is 0 Å². The Balaban J connectivity index is 3.01. The van der Waals surface area contributed by atoms with E-state index in [1.807, 2.05) is 32.4 Å². The Labute approximate surface area is 89.9 Å². The Morgan fingerprint density at radius 1 is 1.47 bits per heavy atom. The number of hydrogen-bond acceptors (Lipinski definition) is 2. The maximum absolute atomic E-state index is 10.7. The average Bonchev–Trinajstić information content (AvgIpc) is 2.42. The van der Waals surface area contributed by atoms with Gasteiger partial charge in [-0.1, -0.05) is 6.92 Å². The lowest BCUT2D eigenvalue weighted by atomic mass is 10.1. The first-order valence-corrected chi connectivity index (χ1v) is 5.21. The Morgan fingerprint density at radius 2 is 2.07 bits per heavy atom. The van der Waals surface area contributed by atoms with Gasteiger partial charge in [0.1, 0.15) is 0 Å². The fourth-order valence-electron chi connectivity index (χ4n) is 1.71. The molecule has 0 radical (unpaired) electrons. The van der Waals surface area contributed by atoms with Crippen LogP contribution in [0.2, 0.25) is 0 Å². The lowest BCUT2D eigenvalue weighted by molar-refractivity contribution is -0.138. The molecular formula is C11H18N2O2. The van der Waals surface area contributed by atoms with Gasteiger partial charge in [0.25, 0.3) is 0 Å². The molecule has 84 valence electrons. The Morgan fingerprint density at radius 3 is 2.40 bits per heavy atom. The third kappa shape index (κ3) is 2.37. The van der Waals surface area contributed by atoms with Crippen LogP contribution in [0.1, 0.15) is 42.8 Å². The molecule has 0 saturated heterocycles. The van der Waals surface area contributed by atoms with Crippen LogP contribution in [-0.2, 0) is 4.79 Å². The minimum absolute atomic E-state index is 0.0325. The van der Waals surface area contributed by atoms with Crippen LogP contribution in [-0.4, -0.2) is 20.9 Å². The van der Waals surface area contributed by atoms with Crippen LogP contribution < -0.4 is 0 Å². The van der Waals surface area contributed by atoms with Gasteiger partial charge in [-0.15, -0.1) is 0 Å². The van der Waals surface area contributed by atoms with Crippen LogP contribution in [0.25, 0.3) is 0 Å². The molecule has 0 amide bonds. The molecule has 0 bridgehead atoms. The van der Waals surface area contributed by atoms with Gasteiger partial charge in [-0.05, 0) is 32.8 Å². The zero-order valence-electron chi connectivity index (χ0n) is 9.74. The highest BCUT2D eigenvalue weighted by Crippen LogP contribution is 2.21. The Kier molecular flexibility index (Phi) is 3.50. The maximum atomic E-state index is 10.7. The molecule has 1 heterocycles. The summed E-state index contributed by atoms with van der Waals surface area (Å²) in [5.74, 6) is -0.771. The second-order valence-electron chi connectivity index (χ2n) is 3.90. The molecule has 0 spiro atoms. The van der Waals surface area contributed by atoms with E-state index in [0.717, 1.165) is 23.4 Å². The van der Waals surface area contributed by atoms with Crippen LogP contribution in [0.5, 0.6) is 0 Å². The number of carbonyl (C=O) groups is 1. The summed E-state index contributed by atoms with van der Waals surface area (Å²) in [7, 11) is 0. The molecule has 1 rings (SSSR count). The summed E-state index contributed by atoms with van der Waals surface area (Å²) in [6.07, 6.45) is 0.922. The average molecular weight is 210 g/mol. The molecule has 0 aliphatic carbocycles. The zero-order valence-corrected chi connectivity index (χ0v) is 9.74. The van der Waals surface area contributed by atoms with E-state index in [2.05, 4.69) is 5.10 Å². The fraction of sp³-hybridized carbons (Fsp3) is 0.636. The molecule has 0 aliphatic rings. The summed E-state index contributed by atoms with van der Waals surface area (Å²) in [5, 5.41) is 13.2. The molecule has 0 aliphatic heterocycles.